The molecule has 0 fully saturated rings. The molecule has 0 bridgehead atoms. The molecule has 0 saturated carbocycles. The summed E-state index contributed by atoms with van der Waals surface area (Å²) in [4.78, 5) is 26.2. The van der Waals surface area contributed by atoms with Gasteiger partial charge in [0.2, 0.25) is 0 Å². The summed E-state index contributed by atoms with van der Waals surface area (Å²) < 4.78 is 2.25. The van der Waals surface area contributed by atoms with Crippen molar-refractivity contribution in [1.82, 2.24) is 0 Å². The van der Waals surface area contributed by atoms with Crippen molar-refractivity contribution < 1.29 is 9.59 Å². The maximum atomic E-state index is 12.0. The first kappa shape index (κ1) is 36.3. The van der Waals surface area contributed by atoms with Gasteiger partial charge in [-0.1, -0.05) is 77.1 Å². The molecule has 0 unspecified atom stereocenters. The van der Waals surface area contributed by atoms with Crippen LogP contribution in [-0.4, -0.2) is 10.2 Å². The number of hydrogen-bond acceptors (Lipinski definition) is 6. The maximum absolute atomic E-state index is 12.0. The Labute approximate surface area is 282 Å². The lowest BCUT2D eigenvalue weighted by atomic mass is 10.00. The average molecular weight is 663 g/mol. The highest BCUT2D eigenvalue weighted by Gasteiger charge is 2.19. The van der Waals surface area contributed by atoms with Gasteiger partial charge in [-0.3, -0.25) is 9.59 Å². The molecule has 3 aromatic rings. The molecule has 0 aliphatic rings. The Morgan fingerprint density at radius 3 is 1.16 bits per heavy atom. The van der Waals surface area contributed by atoms with Crippen LogP contribution in [0.15, 0.2) is 32.7 Å². The van der Waals surface area contributed by atoms with Gasteiger partial charge in [-0.05, 0) is 121 Å². The summed E-state index contributed by atoms with van der Waals surface area (Å²) in [5.41, 5.74) is 7.30. The number of thiophene rings is 2. The zero-order valence-corrected chi connectivity index (χ0v) is 30.5. The van der Waals surface area contributed by atoms with E-state index in [1.807, 2.05) is 0 Å². The Bertz CT molecular complexity index is 1400. The van der Waals surface area contributed by atoms with E-state index in [1.165, 1.54) is 45.8 Å². The van der Waals surface area contributed by atoms with E-state index in [9.17, 15) is 9.59 Å². The Morgan fingerprint density at radius 2 is 0.864 bits per heavy atom. The molecule has 3 rings (SSSR count). The van der Waals surface area contributed by atoms with E-state index < -0.39 is 0 Å². The van der Waals surface area contributed by atoms with Crippen LogP contribution in [-0.2, 0) is 35.3 Å². The van der Waals surface area contributed by atoms with Crippen molar-refractivity contribution in [3.8, 4) is 23.7 Å². The van der Waals surface area contributed by atoms with Gasteiger partial charge >= 0.3 is 0 Å². The van der Waals surface area contributed by atoms with Gasteiger partial charge < -0.3 is 0 Å². The lowest BCUT2D eigenvalue weighted by Crippen LogP contribution is -1.95. The Hall–Kier alpha value is -2.22. The first-order valence-electron chi connectivity index (χ1n) is 16.1. The highest BCUT2D eigenvalue weighted by atomic mass is 32.2. The SMILES string of the molecule is CCCCc1c(C#Cc2ccc(C#Cc3sc(SC(C)=O)c(CCCC)c3CCCC)cc2)sc(SC(C)=O)c1CCCC. The van der Waals surface area contributed by atoms with Crippen LogP contribution in [0.1, 0.15) is 136 Å². The van der Waals surface area contributed by atoms with Gasteiger partial charge in [0.1, 0.15) is 0 Å². The summed E-state index contributed by atoms with van der Waals surface area (Å²) in [6, 6.07) is 8.21. The minimum Gasteiger partial charge on any atom is -0.287 e. The smallest absolute Gasteiger partial charge is 0.191 e. The van der Waals surface area contributed by atoms with Gasteiger partial charge in [-0.2, -0.15) is 0 Å². The second kappa shape index (κ2) is 19.3. The van der Waals surface area contributed by atoms with E-state index in [0.29, 0.717) is 0 Å². The molecule has 0 saturated heterocycles. The van der Waals surface area contributed by atoms with Crippen LogP contribution in [0.3, 0.4) is 0 Å². The zero-order chi connectivity index (χ0) is 31.9. The molecule has 2 nitrogen and oxygen atoms in total. The van der Waals surface area contributed by atoms with Crippen molar-refractivity contribution in [2.45, 2.75) is 127 Å². The fraction of sp³-hybridized carbons (Fsp3) is 0.474. The van der Waals surface area contributed by atoms with Gasteiger partial charge in [0.25, 0.3) is 0 Å². The molecule has 0 atom stereocenters. The number of unbranched alkanes of at least 4 members (excludes halogenated alkanes) is 4. The molecule has 0 aliphatic carbocycles. The average Bonchev–Trinajstić information content (AvgIpc) is 3.49. The van der Waals surface area contributed by atoms with Crippen molar-refractivity contribution in [2.24, 2.45) is 0 Å². The molecule has 44 heavy (non-hydrogen) atoms. The molecule has 1 aromatic carbocycles. The first-order valence-corrected chi connectivity index (χ1v) is 19.4. The van der Waals surface area contributed by atoms with E-state index >= 15 is 0 Å². The molecular formula is C38H46O2S4. The summed E-state index contributed by atoms with van der Waals surface area (Å²) in [5.74, 6) is 13.7. The Balaban J connectivity index is 1.91. The van der Waals surface area contributed by atoms with Crippen LogP contribution in [0.25, 0.3) is 0 Å². The van der Waals surface area contributed by atoms with E-state index in [2.05, 4.69) is 75.6 Å². The number of hydrogen-bond donors (Lipinski definition) is 0. The monoisotopic (exact) mass is 662 g/mol. The van der Waals surface area contributed by atoms with E-state index in [4.69, 9.17) is 0 Å². The standard InChI is InChI=1S/C38H46O2S4/c1-7-11-15-31-33(17-13-9-3)37(41-27(5)39)43-35(31)25-23-29-19-21-30(22-20-29)24-26-36-32(16-12-8-2)34(18-14-10-4)38(44-36)42-28(6)40/h19-22H,7-18H2,1-6H3. The second-order valence-electron chi connectivity index (χ2n) is 11.0. The number of rotatable bonds is 14. The summed E-state index contributed by atoms with van der Waals surface area (Å²) >= 11 is 6.10. The molecule has 2 aromatic heterocycles. The number of carbonyl (C=O) groups is 2. The third-order valence-corrected chi connectivity index (χ3v) is 11.7. The topological polar surface area (TPSA) is 34.1 Å². The summed E-state index contributed by atoms with van der Waals surface area (Å²) in [6.45, 7) is 12.2. The van der Waals surface area contributed by atoms with Gasteiger partial charge in [0.05, 0.1) is 18.2 Å². The summed E-state index contributed by atoms with van der Waals surface area (Å²) in [7, 11) is 0. The molecule has 234 valence electrons. The van der Waals surface area contributed by atoms with Crippen molar-refractivity contribution in [1.29, 1.82) is 0 Å². The predicted molar refractivity (Wildman–Crippen MR) is 195 cm³/mol. The van der Waals surface area contributed by atoms with Crippen molar-refractivity contribution in [3.05, 3.63) is 67.4 Å². The Morgan fingerprint density at radius 1 is 0.545 bits per heavy atom. The minimum absolute atomic E-state index is 0.133. The van der Waals surface area contributed by atoms with Crippen LogP contribution in [0.5, 0.6) is 0 Å². The van der Waals surface area contributed by atoms with Crippen molar-refractivity contribution in [3.63, 3.8) is 0 Å². The van der Waals surface area contributed by atoms with Crippen LogP contribution in [0.2, 0.25) is 0 Å². The largest absolute Gasteiger partial charge is 0.287 e. The van der Waals surface area contributed by atoms with Gasteiger partial charge in [0, 0.05) is 25.0 Å². The van der Waals surface area contributed by atoms with Crippen molar-refractivity contribution in [2.75, 3.05) is 0 Å². The molecule has 0 N–H and O–H groups in total. The molecule has 0 aliphatic heterocycles. The highest BCUT2D eigenvalue weighted by Crippen LogP contribution is 2.39. The summed E-state index contributed by atoms with van der Waals surface area (Å²) in [5, 5.41) is 0.265. The van der Waals surface area contributed by atoms with E-state index in [-0.39, 0.29) is 10.2 Å². The lowest BCUT2D eigenvalue weighted by Gasteiger charge is -2.06. The predicted octanol–water partition coefficient (Wildman–Crippen LogP) is 11.3. The van der Waals surface area contributed by atoms with Crippen LogP contribution in [0, 0.1) is 23.7 Å². The van der Waals surface area contributed by atoms with Gasteiger partial charge in [-0.15, -0.1) is 22.7 Å². The normalized spacial score (nSPS) is 10.7. The van der Waals surface area contributed by atoms with E-state index in [0.717, 1.165) is 106 Å². The first-order chi connectivity index (χ1) is 21.3. The molecule has 6 heteroatoms. The molecule has 0 spiro atoms. The molecular weight excluding hydrogens is 617 g/mol. The molecule has 0 amide bonds. The third kappa shape index (κ3) is 11.0. The van der Waals surface area contributed by atoms with Gasteiger partial charge in [0.15, 0.2) is 10.2 Å². The third-order valence-electron chi connectivity index (χ3n) is 7.28. The van der Waals surface area contributed by atoms with Crippen LogP contribution >= 0.6 is 46.2 Å². The number of carbonyl (C=O) groups excluding carboxylic acids is 2. The fourth-order valence-electron chi connectivity index (χ4n) is 4.92. The minimum atomic E-state index is 0.133. The number of thioether (sulfide) groups is 2. The van der Waals surface area contributed by atoms with Crippen LogP contribution in [0.4, 0.5) is 0 Å². The lowest BCUT2D eigenvalue weighted by molar-refractivity contribution is -0.109. The highest BCUT2D eigenvalue weighted by molar-refractivity contribution is 8.15. The fourth-order valence-corrected chi connectivity index (χ4v) is 9.65. The Kier molecular flexibility index (Phi) is 15.9. The molecule has 0 radical (unpaired) electrons. The van der Waals surface area contributed by atoms with Crippen molar-refractivity contribution >= 4 is 56.4 Å². The second-order valence-corrected chi connectivity index (χ2v) is 16.0. The summed E-state index contributed by atoms with van der Waals surface area (Å²) in [6.07, 6.45) is 13.1. The zero-order valence-electron chi connectivity index (χ0n) is 27.2. The van der Waals surface area contributed by atoms with Gasteiger partial charge in [-0.25, -0.2) is 0 Å². The van der Waals surface area contributed by atoms with E-state index in [1.54, 1.807) is 36.5 Å². The van der Waals surface area contributed by atoms with Crippen LogP contribution < -0.4 is 0 Å². The quantitative estimate of drug-likeness (QED) is 0.127. The maximum Gasteiger partial charge on any atom is 0.191 e. The molecule has 2 heterocycles. The number of benzene rings is 1.